The molecule has 178 valence electrons. The molecule has 10 nitrogen and oxygen atoms in total. The number of para-hydroxylation sites is 4. The Hall–Kier alpha value is -5.12. The van der Waals surface area contributed by atoms with Crippen molar-refractivity contribution in [1.29, 1.82) is 0 Å². The fourth-order valence-corrected chi connectivity index (χ4v) is 3.88. The number of nitrogens with one attached hydrogen (secondary N) is 2. The molecule has 3 aromatic carbocycles. The van der Waals surface area contributed by atoms with E-state index >= 15 is 0 Å². The smallest absolute Gasteiger partial charge is 0.269 e. The summed E-state index contributed by atoms with van der Waals surface area (Å²) in [6.07, 6.45) is 2.38. The van der Waals surface area contributed by atoms with E-state index in [1.807, 2.05) is 12.1 Å². The first-order valence-corrected chi connectivity index (χ1v) is 11.1. The van der Waals surface area contributed by atoms with Gasteiger partial charge in [0.2, 0.25) is 11.8 Å². The van der Waals surface area contributed by atoms with Gasteiger partial charge in [-0.2, -0.15) is 0 Å². The van der Waals surface area contributed by atoms with Gasteiger partial charge in [0.25, 0.3) is 11.1 Å². The molecule has 0 saturated carbocycles. The standard InChI is InChI=1S/C26H20N6O4/c33-23(15-31-21-7-3-1-5-19(21)27-13-25(31)35)29-17-9-11-18(12-10-17)30-24(34)16-32-22-8-4-2-6-20(22)28-14-26(32)36/h1-14H,15-16H2,(H,29,33)(H,30,34). The first-order chi connectivity index (χ1) is 17.5. The summed E-state index contributed by atoms with van der Waals surface area (Å²) in [6.45, 7) is -0.343. The Morgan fingerprint density at radius 3 is 1.42 bits per heavy atom. The van der Waals surface area contributed by atoms with Gasteiger partial charge in [0.1, 0.15) is 13.1 Å². The van der Waals surface area contributed by atoms with Crippen molar-refractivity contribution in [3.05, 3.63) is 106 Å². The Morgan fingerprint density at radius 1 is 0.611 bits per heavy atom. The van der Waals surface area contributed by atoms with Crippen LogP contribution >= 0.6 is 0 Å². The number of carbonyl (C=O) groups excluding carboxylic acids is 2. The number of fused-ring (bicyclic) bond motifs is 2. The van der Waals surface area contributed by atoms with E-state index < -0.39 is 0 Å². The average Bonchev–Trinajstić information content (AvgIpc) is 2.89. The third-order valence-corrected chi connectivity index (χ3v) is 5.56. The van der Waals surface area contributed by atoms with Crippen LogP contribution in [-0.2, 0) is 22.7 Å². The largest absolute Gasteiger partial charge is 0.325 e. The second-order valence-corrected chi connectivity index (χ2v) is 8.02. The van der Waals surface area contributed by atoms with Gasteiger partial charge in [0.05, 0.1) is 34.5 Å². The van der Waals surface area contributed by atoms with Crippen LogP contribution in [-0.4, -0.2) is 30.9 Å². The van der Waals surface area contributed by atoms with E-state index in [1.165, 1.54) is 21.5 Å². The molecule has 0 fully saturated rings. The summed E-state index contributed by atoms with van der Waals surface area (Å²) in [6, 6.07) is 20.7. The number of amides is 2. The number of anilines is 2. The summed E-state index contributed by atoms with van der Waals surface area (Å²) >= 11 is 0. The summed E-state index contributed by atoms with van der Waals surface area (Å²) in [5.74, 6) is -0.761. The van der Waals surface area contributed by atoms with Crippen molar-refractivity contribution in [2.24, 2.45) is 0 Å². The van der Waals surface area contributed by atoms with Gasteiger partial charge in [0.15, 0.2) is 0 Å². The van der Waals surface area contributed by atoms with Crippen LogP contribution in [0.1, 0.15) is 0 Å². The zero-order valence-electron chi connectivity index (χ0n) is 18.9. The van der Waals surface area contributed by atoms with Crippen LogP contribution in [0.25, 0.3) is 22.1 Å². The number of hydrogen-bond acceptors (Lipinski definition) is 6. The molecule has 0 radical (unpaired) electrons. The molecule has 0 saturated heterocycles. The lowest BCUT2D eigenvalue weighted by Crippen LogP contribution is -2.28. The first-order valence-electron chi connectivity index (χ1n) is 11.1. The number of rotatable bonds is 6. The quantitative estimate of drug-likeness (QED) is 0.384. The molecule has 0 aliphatic carbocycles. The molecule has 5 rings (SSSR count). The fraction of sp³-hybridized carbons (Fsp3) is 0.0769. The van der Waals surface area contributed by atoms with Crippen molar-refractivity contribution >= 4 is 45.3 Å². The number of hydrogen-bond donors (Lipinski definition) is 2. The van der Waals surface area contributed by atoms with Gasteiger partial charge in [-0.1, -0.05) is 24.3 Å². The van der Waals surface area contributed by atoms with Crippen LogP contribution in [0.2, 0.25) is 0 Å². The van der Waals surface area contributed by atoms with Crippen molar-refractivity contribution < 1.29 is 9.59 Å². The Morgan fingerprint density at radius 2 is 1.00 bits per heavy atom. The molecule has 0 spiro atoms. The molecule has 2 N–H and O–H groups in total. The van der Waals surface area contributed by atoms with E-state index in [9.17, 15) is 19.2 Å². The lowest BCUT2D eigenvalue weighted by atomic mass is 10.2. The molecule has 2 amide bonds. The predicted molar refractivity (Wildman–Crippen MR) is 136 cm³/mol. The zero-order valence-corrected chi connectivity index (χ0v) is 18.9. The topological polar surface area (TPSA) is 128 Å². The summed E-state index contributed by atoms with van der Waals surface area (Å²) in [5.41, 5.74) is 2.63. The van der Waals surface area contributed by atoms with Crippen LogP contribution < -0.4 is 21.8 Å². The highest BCUT2D eigenvalue weighted by atomic mass is 16.2. The predicted octanol–water partition coefficient (Wildman–Crippen LogP) is 2.38. The van der Waals surface area contributed by atoms with Gasteiger partial charge >= 0.3 is 0 Å². The first kappa shape index (κ1) is 22.7. The van der Waals surface area contributed by atoms with Crippen LogP contribution in [0.5, 0.6) is 0 Å². The average molecular weight is 480 g/mol. The minimum Gasteiger partial charge on any atom is -0.325 e. The molecule has 0 aliphatic rings. The monoisotopic (exact) mass is 480 g/mol. The van der Waals surface area contributed by atoms with Crippen LogP contribution in [0.4, 0.5) is 11.4 Å². The molecule has 36 heavy (non-hydrogen) atoms. The van der Waals surface area contributed by atoms with Gasteiger partial charge in [-0.25, -0.2) is 9.97 Å². The van der Waals surface area contributed by atoms with Gasteiger partial charge < -0.3 is 10.6 Å². The van der Waals surface area contributed by atoms with E-state index in [4.69, 9.17) is 0 Å². The van der Waals surface area contributed by atoms with E-state index in [-0.39, 0.29) is 36.0 Å². The summed E-state index contributed by atoms with van der Waals surface area (Å²) < 4.78 is 2.72. The lowest BCUT2D eigenvalue weighted by molar-refractivity contribution is -0.117. The molecule has 2 heterocycles. The Bertz CT molecular complexity index is 1600. The maximum Gasteiger partial charge on any atom is 0.269 e. The Kier molecular flexibility index (Phi) is 6.06. The molecule has 0 aliphatic heterocycles. The third-order valence-electron chi connectivity index (χ3n) is 5.56. The lowest BCUT2D eigenvalue weighted by Gasteiger charge is -2.12. The van der Waals surface area contributed by atoms with Gasteiger partial charge in [-0.05, 0) is 48.5 Å². The second-order valence-electron chi connectivity index (χ2n) is 8.02. The summed E-state index contributed by atoms with van der Waals surface area (Å²) in [4.78, 5) is 57.8. The van der Waals surface area contributed by atoms with Gasteiger partial charge in [-0.15, -0.1) is 0 Å². The fourth-order valence-electron chi connectivity index (χ4n) is 3.88. The molecule has 5 aromatic rings. The van der Waals surface area contributed by atoms with E-state index in [0.29, 0.717) is 33.4 Å². The SMILES string of the molecule is O=C(Cn1c(=O)cnc2ccccc21)Nc1ccc(NC(=O)Cn2c(=O)cnc3ccccc32)cc1. The molecule has 0 atom stereocenters. The van der Waals surface area contributed by atoms with Crippen molar-refractivity contribution in [2.75, 3.05) is 10.6 Å². The molecule has 0 bridgehead atoms. The number of aromatic nitrogens is 4. The number of benzene rings is 3. The number of carbonyl (C=O) groups is 2. The van der Waals surface area contributed by atoms with Crippen LogP contribution in [0.3, 0.4) is 0 Å². The van der Waals surface area contributed by atoms with Crippen molar-refractivity contribution in [2.45, 2.75) is 13.1 Å². The maximum absolute atomic E-state index is 12.6. The summed E-state index contributed by atoms with van der Waals surface area (Å²) in [7, 11) is 0. The highest BCUT2D eigenvalue weighted by molar-refractivity contribution is 5.93. The minimum absolute atomic E-state index is 0.172. The maximum atomic E-state index is 12.6. The summed E-state index contributed by atoms with van der Waals surface area (Å²) in [5, 5.41) is 5.49. The number of nitrogens with zero attached hydrogens (tertiary/aromatic N) is 4. The highest BCUT2D eigenvalue weighted by Crippen LogP contribution is 2.15. The van der Waals surface area contributed by atoms with Crippen LogP contribution in [0, 0.1) is 0 Å². The highest BCUT2D eigenvalue weighted by Gasteiger charge is 2.11. The van der Waals surface area contributed by atoms with Gasteiger partial charge in [0, 0.05) is 11.4 Å². The third kappa shape index (κ3) is 4.73. The Labute approximate surface area is 203 Å². The second kappa shape index (κ2) is 9.63. The molecular weight excluding hydrogens is 460 g/mol. The minimum atomic E-state index is -0.380. The van der Waals surface area contributed by atoms with Crippen molar-refractivity contribution in [1.82, 2.24) is 19.1 Å². The normalized spacial score (nSPS) is 10.9. The Balaban J connectivity index is 1.24. The van der Waals surface area contributed by atoms with E-state index in [0.717, 1.165) is 0 Å². The van der Waals surface area contributed by atoms with E-state index in [1.54, 1.807) is 60.7 Å². The van der Waals surface area contributed by atoms with Crippen molar-refractivity contribution in [3.8, 4) is 0 Å². The zero-order chi connectivity index (χ0) is 25.1. The van der Waals surface area contributed by atoms with E-state index in [2.05, 4.69) is 20.6 Å². The van der Waals surface area contributed by atoms with Crippen molar-refractivity contribution in [3.63, 3.8) is 0 Å². The molecular formula is C26H20N6O4. The van der Waals surface area contributed by atoms with Gasteiger partial charge in [-0.3, -0.25) is 28.3 Å². The molecule has 10 heteroatoms. The van der Waals surface area contributed by atoms with Crippen LogP contribution in [0.15, 0.2) is 94.8 Å². The molecule has 2 aromatic heterocycles. The molecule has 0 unspecified atom stereocenters.